The molecule has 3 rings (SSSR count). The molecule has 0 bridgehead atoms. The fourth-order valence-corrected chi connectivity index (χ4v) is 2.89. The number of benzene rings is 1. The largest absolute Gasteiger partial charge is 0.349 e. The molecule has 4 amide bonds. The van der Waals surface area contributed by atoms with Gasteiger partial charge in [-0.05, 0) is 50.6 Å². The Bertz CT molecular complexity index is 879. The van der Waals surface area contributed by atoms with E-state index in [1.165, 1.54) is 6.08 Å². The Labute approximate surface area is 145 Å². The van der Waals surface area contributed by atoms with Gasteiger partial charge in [0.2, 0.25) is 0 Å². The lowest BCUT2D eigenvalue weighted by atomic mass is 10.1. The van der Waals surface area contributed by atoms with Gasteiger partial charge in [-0.25, -0.2) is 9.69 Å². The van der Waals surface area contributed by atoms with Crippen LogP contribution in [0, 0.1) is 6.92 Å². The number of barbiturate groups is 1. The van der Waals surface area contributed by atoms with Crippen LogP contribution in [-0.4, -0.2) is 22.4 Å². The number of hydrogen-bond donors (Lipinski definition) is 1. The van der Waals surface area contributed by atoms with Crippen LogP contribution in [-0.2, 0) is 9.59 Å². The van der Waals surface area contributed by atoms with E-state index >= 15 is 0 Å². The number of rotatable bonds is 3. The van der Waals surface area contributed by atoms with Crippen molar-refractivity contribution in [2.24, 2.45) is 0 Å². The first-order valence-corrected chi connectivity index (χ1v) is 8.03. The van der Waals surface area contributed by atoms with Crippen LogP contribution in [0.2, 0.25) is 0 Å². The Balaban J connectivity index is 2.00. The van der Waals surface area contributed by atoms with E-state index in [9.17, 15) is 14.4 Å². The van der Waals surface area contributed by atoms with Gasteiger partial charge in [-0.1, -0.05) is 18.2 Å². The number of anilines is 1. The maximum atomic E-state index is 12.7. The summed E-state index contributed by atoms with van der Waals surface area (Å²) in [5.74, 6) is -1.31. The highest BCUT2D eigenvalue weighted by Crippen LogP contribution is 2.22. The Hall–Kier alpha value is -3.15. The van der Waals surface area contributed by atoms with Gasteiger partial charge in [-0.3, -0.25) is 14.9 Å². The number of amides is 4. The second-order valence-electron chi connectivity index (χ2n) is 6.21. The first-order chi connectivity index (χ1) is 11.9. The minimum atomic E-state index is -0.741. The topological polar surface area (TPSA) is 71.4 Å². The summed E-state index contributed by atoms with van der Waals surface area (Å²) in [5, 5.41) is 2.22. The Morgan fingerprint density at radius 2 is 1.76 bits per heavy atom. The molecule has 1 N–H and O–H groups in total. The number of imide groups is 2. The second kappa shape index (κ2) is 6.39. The summed E-state index contributed by atoms with van der Waals surface area (Å²) in [6.45, 7) is 6.07. The number of carbonyl (C=O) groups excluding carboxylic acids is 3. The second-order valence-corrected chi connectivity index (χ2v) is 6.21. The summed E-state index contributed by atoms with van der Waals surface area (Å²) in [7, 11) is 0. The normalized spacial score (nSPS) is 16.7. The molecule has 2 heterocycles. The van der Waals surface area contributed by atoms with Crippen LogP contribution >= 0.6 is 0 Å². The first-order valence-electron chi connectivity index (χ1n) is 8.03. The van der Waals surface area contributed by atoms with Crippen LogP contribution in [0.15, 0.2) is 48.2 Å². The number of aromatic nitrogens is 1. The molecule has 1 aliphatic heterocycles. The van der Waals surface area contributed by atoms with Crippen molar-refractivity contribution < 1.29 is 14.4 Å². The van der Waals surface area contributed by atoms with E-state index in [1.54, 1.807) is 30.3 Å². The van der Waals surface area contributed by atoms with Gasteiger partial charge in [0.1, 0.15) is 5.57 Å². The molecular formula is C19H19N3O3. The van der Waals surface area contributed by atoms with Gasteiger partial charge >= 0.3 is 6.03 Å². The third-order valence-electron chi connectivity index (χ3n) is 4.05. The van der Waals surface area contributed by atoms with E-state index in [2.05, 4.69) is 23.7 Å². The van der Waals surface area contributed by atoms with Crippen molar-refractivity contribution in [2.75, 3.05) is 4.90 Å². The smallest absolute Gasteiger partial charge is 0.335 e. The molecule has 1 aromatic carbocycles. The molecule has 1 aromatic heterocycles. The van der Waals surface area contributed by atoms with Crippen LogP contribution in [0.25, 0.3) is 6.08 Å². The van der Waals surface area contributed by atoms with Gasteiger partial charge in [-0.2, -0.15) is 0 Å². The number of para-hydroxylation sites is 1. The first kappa shape index (κ1) is 16.7. The highest BCUT2D eigenvalue weighted by molar-refractivity contribution is 6.39. The fourth-order valence-electron chi connectivity index (χ4n) is 2.89. The van der Waals surface area contributed by atoms with Crippen LogP contribution in [0.3, 0.4) is 0 Å². The third-order valence-corrected chi connectivity index (χ3v) is 4.05. The van der Waals surface area contributed by atoms with Gasteiger partial charge < -0.3 is 4.57 Å². The molecule has 0 saturated carbocycles. The maximum absolute atomic E-state index is 12.7. The minimum absolute atomic E-state index is 0.0654. The highest BCUT2D eigenvalue weighted by Gasteiger charge is 2.36. The Morgan fingerprint density at radius 3 is 2.36 bits per heavy atom. The molecule has 0 atom stereocenters. The Kier molecular flexibility index (Phi) is 4.27. The molecule has 6 heteroatoms. The lowest BCUT2D eigenvalue weighted by molar-refractivity contribution is -0.122. The van der Waals surface area contributed by atoms with Crippen LogP contribution in [0.4, 0.5) is 10.5 Å². The van der Waals surface area contributed by atoms with E-state index in [4.69, 9.17) is 0 Å². The molecule has 0 spiro atoms. The van der Waals surface area contributed by atoms with Crippen molar-refractivity contribution in [3.63, 3.8) is 0 Å². The maximum Gasteiger partial charge on any atom is 0.335 e. The van der Waals surface area contributed by atoms with Crippen molar-refractivity contribution in [1.82, 2.24) is 9.88 Å². The molecule has 6 nitrogen and oxygen atoms in total. The van der Waals surface area contributed by atoms with E-state index in [1.807, 2.05) is 19.2 Å². The summed E-state index contributed by atoms with van der Waals surface area (Å²) < 4.78 is 2.05. The van der Waals surface area contributed by atoms with Crippen LogP contribution < -0.4 is 10.2 Å². The van der Waals surface area contributed by atoms with Gasteiger partial charge in [0.25, 0.3) is 11.8 Å². The Morgan fingerprint density at radius 1 is 1.08 bits per heavy atom. The predicted octanol–water partition coefficient (Wildman–Crippen LogP) is 3.04. The van der Waals surface area contributed by atoms with E-state index in [0.717, 1.165) is 16.2 Å². The molecule has 0 radical (unpaired) electrons. The number of nitrogens with one attached hydrogen (secondary N) is 1. The average Bonchev–Trinajstić information content (AvgIpc) is 2.93. The number of aryl methyl sites for hydroxylation is 1. The molecule has 0 aliphatic carbocycles. The molecule has 1 saturated heterocycles. The predicted molar refractivity (Wildman–Crippen MR) is 95.0 cm³/mol. The number of nitrogens with zero attached hydrogens (tertiary/aromatic N) is 2. The van der Waals surface area contributed by atoms with Crippen molar-refractivity contribution in [2.45, 2.75) is 26.8 Å². The molecule has 1 aliphatic rings. The third kappa shape index (κ3) is 3.10. The summed E-state index contributed by atoms with van der Waals surface area (Å²) in [5.41, 5.74) is 2.12. The molecule has 1 fully saturated rings. The minimum Gasteiger partial charge on any atom is -0.349 e. The van der Waals surface area contributed by atoms with Crippen molar-refractivity contribution >= 4 is 29.6 Å². The van der Waals surface area contributed by atoms with E-state index in [0.29, 0.717) is 5.69 Å². The zero-order chi connectivity index (χ0) is 18.1. The average molecular weight is 337 g/mol. The zero-order valence-corrected chi connectivity index (χ0v) is 14.3. The standard InChI is InChI=1S/C19H19N3O3/c1-12(2)21-11-14(9-13(21)3)10-16-17(23)20-19(25)22(18(16)24)15-7-5-4-6-8-15/h4-12H,1-3H3,(H,20,23,25)/b16-10-. The van der Waals surface area contributed by atoms with Crippen LogP contribution in [0.1, 0.15) is 31.1 Å². The van der Waals surface area contributed by atoms with Crippen molar-refractivity contribution in [3.05, 3.63) is 59.4 Å². The number of urea groups is 1. The lowest BCUT2D eigenvalue weighted by Gasteiger charge is -2.26. The van der Waals surface area contributed by atoms with E-state index in [-0.39, 0.29) is 11.6 Å². The van der Waals surface area contributed by atoms with Gasteiger partial charge in [-0.15, -0.1) is 0 Å². The fraction of sp³-hybridized carbons (Fsp3) is 0.211. The molecule has 25 heavy (non-hydrogen) atoms. The van der Waals surface area contributed by atoms with Gasteiger partial charge in [0, 0.05) is 17.9 Å². The van der Waals surface area contributed by atoms with E-state index < -0.39 is 17.8 Å². The molecular weight excluding hydrogens is 318 g/mol. The summed E-state index contributed by atoms with van der Waals surface area (Å²) in [4.78, 5) is 38.0. The lowest BCUT2D eigenvalue weighted by Crippen LogP contribution is -2.54. The van der Waals surface area contributed by atoms with Gasteiger partial charge in [0.05, 0.1) is 5.69 Å². The quantitative estimate of drug-likeness (QED) is 0.691. The highest BCUT2D eigenvalue weighted by atomic mass is 16.2. The molecule has 128 valence electrons. The number of hydrogen-bond acceptors (Lipinski definition) is 3. The molecule has 0 unspecified atom stereocenters. The SMILES string of the molecule is Cc1cc(/C=C2/C(=O)NC(=O)N(c3ccccc3)C2=O)cn1C(C)C. The summed E-state index contributed by atoms with van der Waals surface area (Å²) in [6.07, 6.45) is 3.41. The van der Waals surface area contributed by atoms with Crippen molar-refractivity contribution in [3.8, 4) is 0 Å². The van der Waals surface area contributed by atoms with Crippen molar-refractivity contribution in [1.29, 1.82) is 0 Å². The van der Waals surface area contributed by atoms with Crippen LogP contribution in [0.5, 0.6) is 0 Å². The zero-order valence-electron chi connectivity index (χ0n) is 14.3. The monoisotopic (exact) mass is 337 g/mol. The van der Waals surface area contributed by atoms with Gasteiger partial charge in [0.15, 0.2) is 0 Å². The summed E-state index contributed by atoms with van der Waals surface area (Å²) >= 11 is 0. The molecule has 2 aromatic rings. The summed E-state index contributed by atoms with van der Waals surface area (Å²) in [6, 6.07) is 9.95. The number of carbonyl (C=O) groups is 3.